The molecule has 5 aliphatic rings. The van der Waals surface area contributed by atoms with Gasteiger partial charge >= 0.3 is 0 Å². The molecule has 3 heterocycles. The fourth-order valence-corrected chi connectivity index (χ4v) is 3.44. The summed E-state index contributed by atoms with van der Waals surface area (Å²) in [6, 6.07) is 0.543. The van der Waals surface area contributed by atoms with Crippen molar-refractivity contribution in [2.24, 2.45) is 17.8 Å². The zero-order valence-electron chi connectivity index (χ0n) is 7.25. The Hall–Kier alpha value is -0.530. The van der Waals surface area contributed by atoms with Crippen LogP contribution in [0.15, 0.2) is 0 Å². The third-order valence-electron chi connectivity index (χ3n) is 4.10. The monoisotopic (exact) mass is 165 g/mol. The van der Waals surface area contributed by atoms with Crippen molar-refractivity contribution in [3.8, 4) is 0 Å². The van der Waals surface area contributed by atoms with Crippen molar-refractivity contribution in [1.29, 1.82) is 0 Å². The van der Waals surface area contributed by atoms with E-state index in [0.29, 0.717) is 17.9 Å². The maximum absolute atomic E-state index is 11.6. The average molecular weight is 165 g/mol. The molecular weight excluding hydrogens is 150 g/mol. The standard InChI is InChI=1S/C10H15NO/c12-10-8-3-1-7-5-6(8)2-4-9(7)11-10/h6-9H,1-5H2,(H,11,12)/t6-,7?,8+,9+/m0/s1. The lowest BCUT2D eigenvalue weighted by atomic mass is 9.67. The highest BCUT2D eigenvalue weighted by Crippen LogP contribution is 2.46. The van der Waals surface area contributed by atoms with Crippen molar-refractivity contribution in [2.45, 2.75) is 38.1 Å². The van der Waals surface area contributed by atoms with Crippen LogP contribution in [0, 0.1) is 17.8 Å². The minimum atomic E-state index is 0.363. The van der Waals surface area contributed by atoms with Crippen molar-refractivity contribution in [3.63, 3.8) is 0 Å². The second kappa shape index (κ2) is 2.24. The van der Waals surface area contributed by atoms with Gasteiger partial charge in [-0.2, -0.15) is 0 Å². The third-order valence-corrected chi connectivity index (χ3v) is 4.10. The van der Waals surface area contributed by atoms with Gasteiger partial charge in [-0.3, -0.25) is 4.79 Å². The van der Waals surface area contributed by atoms with E-state index in [2.05, 4.69) is 5.32 Å². The Balaban J connectivity index is 2.01. The Bertz CT molecular complexity index is 224. The van der Waals surface area contributed by atoms with E-state index in [1.807, 2.05) is 0 Å². The highest BCUT2D eigenvalue weighted by molar-refractivity contribution is 5.80. The van der Waals surface area contributed by atoms with Gasteiger partial charge in [0.15, 0.2) is 0 Å². The predicted octanol–water partition coefficient (Wildman–Crippen LogP) is 1.31. The quantitative estimate of drug-likeness (QED) is 0.576. The maximum atomic E-state index is 11.6. The molecule has 3 saturated heterocycles. The van der Waals surface area contributed by atoms with E-state index < -0.39 is 0 Å². The molecule has 4 bridgehead atoms. The van der Waals surface area contributed by atoms with Crippen LogP contribution in [0.4, 0.5) is 0 Å². The Morgan fingerprint density at radius 1 is 1.08 bits per heavy atom. The lowest BCUT2D eigenvalue weighted by Crippen LogP contribution is -2.37. The molecule has 5 rings (SSSR count). The molecule has 2 saturated carbocycles. The van der Waals surface area contributed by atoms with E-state index in [-0.39, 0.29) is 0 Å². The minimum absolute atomic E-state index is 0.363. The van der Waals surface area contributed by atoms with Crippen LogP contribution in [0.5, 0.6) is 0 Å². The molecule has 4 atom stereocenters. The van der Waals surface area contributed by atoms with Gasteiger partial charge in [0.2, 0.25) is 5.91 Å². The van der Waals surface area contributed by atoms with Crippen molar-refractivity contribution in [2.75, 3.05) is 0 Å². The first kappa shape index (κ1) is 6.93. The first-order valence-electron chi connectivity index (χ1n) is 5.15. The zero-order chi connectivity index (χ0) is 8.13. The Morgan fingerprint density at radius 2 is 1.92 bits per heavy atom. The van der Waals surface area contributed by atoms with Crippen molar-refractivity contribution >= 4 is 5.91 Å². The van der Waals surface area contributed by atoms with E-state index in [4.69, 9.17) is 0 Å². The van der Waals surface area contributed by atoms with Crippen molar-refractivity contribution in [3.05, 3.63) is 0 Å². The lowest BCUT2D eigenvalue weighted by molar-refractivity contribution is -0.126. The molecule has 1 amide bonds. The summed E-state index contributed by atoms with van der Waals surface area (Å²) in [4.78, 5) is 11.6. The topological polar surface area (TPSA) is 29.1 Å². The van der Waals surface area contributed by atoms with Crippen LogP contribution in [0.2, 0.25) is 0 Å². The Labute approximate surface area is 72.7 Å². The number of amides is 1. The van der Waals surface area contributed by atoms with Crippen LogP contribution >= 0.6 is 0 Å². The summed E-state index contributed by atoms with van der Waals surface area (Å²) in [5.74, 6) is 2.31. The average Bonchev–Trinajstić information content (AvgIpc) is 2.38. The van der Waals surface area contributed by atoms with Gasteiger partial charge in [-0.05, 0) is 43.9 Å². The number of carbonyl (C=O) groups is 1. The van der Waals surface area contributed by atoms with E-state index in [1.54, 1.807) is 0 Å². The molecule has 0 aromatic rings. The maximum Gasteiger partial charge on any atom is 0.223 e. The molecule has 2 aliphatic carbocycles. The molecule has 2 heteroatoms. The van der Waals surface area contributed by atoms with Crippen LogP contribution < -0.4 is 5.32 Å². The normalized spacial score (nSPS) is 50.5. The number of hydrogen-bond acceptors (Lipinski definition) is 1. The van der Waals surface area contributed by atoms with E-state index in [0.717, 1.165) is 18.3 Å². The summed E-state index contributed by atoms with van der Waals surface area (Å²) in [7, 11) is 0. The summed E-state index contributed by atoms with van der Waals surface area (Å²) in [6.45, 7) is 0. The van der Waals surface area contributed by atoms with E-state index >= 15 is 0 Å². The van der Waals surface area contributed by atoms with Gasteiger partial charge < -0.3 is 5.32 Å². The third kappa shape index (κ3) is 0.782. The summed E-state index contributed by atoms with van der Waals surface area (Å²) < 4.78 is 0. The molecule has 0 aromatic heterocycles. The molecular formula is C10H15NO. The zero-order valence-corrected chi connectivity index (χ0v) is 7.25. The fourth-order valence-electron chi connectivity index (χ4n) is 3.44. The lowest BCUT2D eigenvalue weighted by Gasteiger charge is -2.37. The molecule has 0 radical (unpaired) electrons. The van der Waals surface area contributed by atoms with Crippen molar-refractivity contribution in [1.82, 2.24) is 5.32 Å². The van der Waals surface area contributed by atoms with E-state index in [1.165, 1.54) is 25.7 Å². The van der Waals surface area contributed by atoms with Crippen LogP contribution in [0.1, 0.15) is 32.1 Å². The smallest absolute Gasteiger partial charge is 0.223 e. The van der Waals surface area contributed by atoms with Gasteiger partial charge in [0.1, 0.15) is 0 Å². The second-order valence-corrected chi connectivity index (χ2v) is 4.63. The number of fused-ring (bicyclic) bond motifs is 2. The SMILES string of the molecule is O=C1N[C@@H]2CC[C@H]3CC2CC[C@@H]13. The van der Waals surface area contributed by atoms with Crippen LogP contribution in [-0.2, 0) is 4.79 Å². The van der Waals surface area contributed by atoms with E-state index in [9.17, 15) is 4.79 Å². The largest absolute Gasteiger partial charge is 0.353 e. The molecule has 0 aromatic carbocycles. The molecule has 0 spiro atoms. The van der Waals surface area contributed by atoms with Gasteiger partial charge in [-0.15, -0.1) is 0 Å². The van der Waals surface area contributed by atoms with Gasteiger partial charge in [-0.25, -0.2) is 0 Å². The highest BCUT2D eigenvalue weighted by atomic mass is 16.2. The molecule has 2 nitrogen and oxygen atoms in total. The fraction of sp³-hybridized carbons (Fsp3) is 0.900. The second-order valence-electron chi connectivity index (χ2n) is 4.63. The molecule has 12 heavy (non-hydrogen) atoms. The number of rotatable bonds is 0. The van der Waals surface area contributed by atoms with Crippen molar-refractivity contribution < 1.29 is 4.79 Å². The van der Waals surface area contributed by atoms with Gasteiger partial charge in [0.25, 0.3) is 0 Å². The molecule has 1 N–H and O–H groups in total. The van der Waals surface area contributed by atoms with Gasteiger partial charge in [0, 0.05) is 12.0 Å². The van der Waals surface area contributed by atoms with Crippen LogP contribution in [0.25, 0.3) is 0 Å². The highest BCUT2D eigenvalue weighted by Gasteiger charge is 2.45. The first-order valence-corrected chi connectivity index (χ1v) is 5.15. The summed E-state index contributed by atoms with van der Waals surface area (Å²) in [5, 5.41) is 3.19. The number of hydrogen-bond donors (Lipinski definition) is 1. The molecule has 3 aliphatic heterocycles. The molecule has 66 valence electrons. The first-order chi connectivity index (χ1) is 5.84. The summed E-state index contributed by atoms with van der Waals surface area (Å²) in [5.41, 5.74) is 0. The number of carbonyl (C=O) groups excluding carboxylic acids is 1. The molecule has 1 unspecified atom stereocenters. The summed E-state index contributed by atoms with van der Waals surface area (Å²) >= 11 is 0. The predicted molar refractivity (Wildman–Crippen MR) is 45.5 cm³/mol. The number of nitrogens with one attached hydrogen (secondary N) is 1. The molecule has 5 fully saturated rings. The van der Waals surface area contributed by atoms with Gasteiger partial charge in [-0.1, -0.05) is 0 Å². The minimum Gasteiger partial charge on any atom is -0.353 e. The Kier molecular flexibility index (Phi) is 1.29. The summed E-state index contributed by atoms with van der Waals surface area (Å²) in [6.07, 6.45) is 6.33. The van der Waals surface area contributed by atoms with Gasteiger partial charge in [0.05, 0.1) is 0 Å². The Morgan fingerprint density at radius 3 is 2.83 bits per heavy atom. The van der Waals surface area contributed by atoms with Crippen LogP contribution in [-0.4, -0.2) is 11.9 Å². The van der Waals surface area contributed by atoms with Crippen LogP contribution in [0.3, 0.4) is 0 Å².